The zero-order valence-corrected chi connectivity index (χ0v) is 32.8. The van der Waals surface area contributed by atoms with Crippen LogP contribution in [0.5, 0.6) is 0 Å². The molecule has 1 heteroatoms. The monoisotopic (exact) mass is 729 g/mol. The Labute approximate surface area is 335 Å². The van der Waals surface area contributed by atoms with E-state index in [1.54, 1.807) is 0 Å². The number of fused-ring (bicyclic) bond motifs is 8. The predicted octanol–water partition coefficient (Wildman–Crippen LogP) is 15.4. The highest BCUT2D eigenvalue weighted by atomic mass is 15.1. The molecule has 0 aliphatic heterocycles. The average molecular weight is 730 g/mol. The van der Waals surface area contributed by atoms with Crippen LogP contribution >= 0.6 is 0 Å². The zero-order chi connectivity index (χ0) is 38.5. The van der Waals surface area contributed by atoms with Gasteiger partial charge in [-0.1, -0.05) is 161 Å². The average Bonchev–Trinajstić information content (AvgIpc) is 3.62. The van der Waals surface area contributed by atoms with Crippen LogP contribution in [0.2, 0.25) is 0 Å². The summed E-state index contributed by atoms with van der Waals surface area (Å²) in [6, 6.07) is 70.2. The summed E-state index contributed by atoms with van der Waals surface area (Å²) in [4.78, 5) is 2.47. The molecule has 2 aliphatic rings. The van der Waals surface area contributed by atoms with Gasteiger partial charge in [-0.15, -0.1) is 0 Å². The first kappa shape index (κ1) is 33.6. The molecule has 57 heavy (non-hydrogen) atoms. The Hall–Kier alpha value is -6.70. The standard InChI is InChI=1S/C56H43N/c1-55(2)51-32-42(36-12-6-5-7-13-36)21-26-47(51)49-28-24-45(34-53(49)55)57(44-23-20-38-15-9-11-17-40(38)31-44)46-25-29-50-48-27-22-43(33-52(48)56(3,4)54(50)35-46)41-19-18-37-14-8-10-16-39(37)30-41/h5-35H,1-4H3. The van der Waals surface area contributed by atoms with Crippen LogP contribution in [0.25, 0.3) is 66.1 Å². The fourth-order valence-electron chi connectivity index (χ4n) is 9.85. The number of nitrogens with zero attached hydrogens (tertiary/aromatic N) is 1. The molecular formula is C56H43N. The Bertz CT molecular complexity index is 3070. The van der Waals surface area contributed by atoms with Crippen molar-refractivity contribution in [1.29, 1.82) is 0 Å². The van der Waals surface area contributed by atoms with Crippen molar-refractivity contribution in [3.05, 3.63) is 210 Å². The number of benzene rings is 9. The van der Waals surface area contributed by atoms with E-state index in [1.807, 2.05) is 0 Å². The highest BCUT2D eigenvalue weighted by Gasteiger charge is 2.38. The van der Waals surface area contributed by atoms with Gasteiger partial charge >= 0.3 is 0 Å². The molecule has 0 aromatic heterocycles. The molecule has 0 radical (unpaired) electrons. The molecule has 11 rings (SSSR count). The van der Waals surface area contributed by atoms with Crippen LogP contribution in [-0.2, 0) is 10.8 Å². The number of hydrogen-bond donors (Lipinski definition) is 0. The van der Waals surface area contributed by atoms with E-state index >= 15 is 0 Å². The fraction of sp³-hybridized carbons (Fsp3) is 0.107. The predicted molar refractivity (Wildman–Crippen MR) is 242 cm³/mol. The van der Waals surface area contributed by atoms with Crippen molar-refractivity contribution in [3.8, 4) is 44.5 Å². The van der Waals surface area contributed by atoms with Crippen molar-refractivity contribution >= 4 is 38.6 Å². The Morgan fingerprint density at radius 3 is 1.21 bits per heavy atom. The Kier molecular flexibility index (Phi) is 7.32. The van der Waals surface area contributed by atoms with Gasteiger partial charge in [0.15, 0.2) is 0 Å². The molecule has 0 atom stereocenters. The third-order valence-corrected chi connectivity index (χ3v) is 13.0. The molecule has 9 aromatic carbocycles. The summed E-state index contributed by atoms with van der Waals surface area (Å²) < 4.78 is 0. The molecule has 1 nitrogen and oxygen atoms in total. The summed E-state index contributed by atoms with van der Waals surface area (Å²) >= 11 is 0. The number of hydrogen-bond acceptors (Lipinski definition) is 1. The van der Waals surface area contributed by atoms with Crippen LogP contribution in [0.4, 0.5) is 17.1 Å². The van der Waals surface area contributed by atoms with E-state index in [9.17, 15) is 0 Å². The van der Waals surface area contributed by atoms with E-state index in [0.717, 1.165) is 5.69 Å². The number of anilines is 3. The minimum Gasteiger partial charge on any atom is -0.310 e. The van der Waals surface area contributed by atoms with E-state index in [4.69, 9.17) is 0 Å². The highest BCUT2D eigenvalue weighted by molar-refractivity contribution is 5.94. The molecular weight excluding hydrogens is 687 g/mol. The van der Waals surface area contributed by atoms with Gasteiger partial charge < -0.3 is 4.90 Å². The maximum atomic E-state index is 2.47. The summed E-state index contributed by atoms with van der Waals surface area (Å²) in [6.07, 6.45) is 0. The lowest BCUT2D eigenvalue weighted by atomic mass is 9.81. The third-order valence-electron chi connectivity index (χ3n) is 13.0. The first-order valence-electron chi connectivity index (χ1n) is 20.2. The molecule has 0 bridgehead atoms. The lowest BCUT2D eigenvalue weighted by molar-refractivity contribution is 0.660. The molecule has 0 N–H and O–H groups in total. The van der Waals surface area contributed by atoms with Gasteiger partial charge in [0.2, 0.25) is 0 Å². The van der Waals surface area contributed by atoms with E-state index in [-0.39, 0.29) is 10.8 Å². The molecule has 272 valence electrons. The van der Waals surface area contributed by atoms with Crippen molar-refractivity contribution in [2.24, 2.45) is 0 Å². The zero-order valence-electron chi connectivity index (χ0n) is 32.8. The summed E-state index contributed by atoms with van der Waals surface area (Å²) in [5.41, 5.74) is 19.0. The summed E-state index contributed by atoms with van der Waals surface area (Å²) in [7, 11) is 0. The lowest BCUT2D eigenvalue weighted by Crippen LogP contribution is -2.18. The van der Waals surface area contributed by atoms with Crippen LogP contribution in [-0.4, -0.2) is 0 Å². The van der Waals surface area contributed by atoms with Crippen LogP contribution in [0, 0.1) is 0 Å². The number of rotatable bonds is 5. The largest absolute Gasteiger partial charge is 0.310 e. The second-order valence-corrected chi connectivity index (χ2v) is 17.0. The highest BCUT2D eigenvalue weighted by Crippen LogP contribution is 2.54. The third kappa shape index (κ3) is 5.22. The van der Waals surface area contributed by atoms with Gasteiger partial charge in [-0.3, -0.25) is 0 Å². The normalized spacial score (nSPS) is 14.2. The minimum atomic E-state index is -0.180. The molecule has 9 aromatic rings. The lowest BCUT2D eigenvalue weighted by Gasteiger charge is -2.30. The summed E-state index contributed by atoms with van der Waals surface area (Å²) in [6.45, 7) is 9.56. The van der Waals surface area contributed by atoms with Gasteiger partial charge in [0.1, 0.15) is 0 Å². The smallest absolute Gasteiger partial charge is 0.0468 e. The Morgan fingerprint density at radius 2 is 0.649 bits per heavy atom. The first-order chi connectivity index (χ1) is 27.7. The molecule has 0 unspecified atom stereocenters. The van der Waals surface area contributed by atoms with Crippen LogP contribution in [0.15, 0.2) is 188 Å². The van der Waals surface area contributed by atoms with Crippen LogP contribution in [0.1, 0.15) is 49.9 Å². The summed E-state index contributed by atoms with van der Waals surface area (Å²) in [5, 5.41) is 5.02. The van der Waals surface area contributed by atoms with Gasteiger partial charge in [-0.25, -0.2) is 0 Å². The molecule has 0 saturated heterocycles. The van der Waals surface area contributed by atoms with E-state index in [2.05, 4.69) is 221 Å². The van der Waals surface area contributed by atoms with Gasteiger partial charge in [-0.05, 0) is 143 Å². The van der Waals surface area contributed by atoms with Crippen molar-refractivity contribution in [1.82, 2.24) is 0 Å². The molecule has 0 fully saturated rings. The minimum absolute atomic E-state index is 0.162. The molecule has 2 aliphatic carbocycles. The maximum Gasteiger partial charge on any atom is 0.0468 e. The van der Waals surface area contributed by atoms with Gasteiger partial charge in [-0.2, -0.15) is 0 Å². The van der Waals surface area contributed by atoms with Gasteiger partial charge in [0, 0.05) is 27.9 Å². The Morgan fingerprint density at radius 1 is 0.281 bits per heavy atom. The van der Waals surface area contributed by atoms with E-state index in [1.165, 1.54) is 99.7 Å². The van der Waals surface area contributed by atoms with Crippen molar-refractivity contribution < 1.29 is 0 Å². The molecule has 0 spiro atoms. The van der Waals surface area contributed by atoms with Crippen molar-refractivity contribution in [3.63, 3.8) is 0 Å². The van der Waals surface area contributed by atoms with E-state index < -0.39 is 0 Å². The first-order valence-corrected chi connectivity index (χ1v) is 20.2. The van der Waals surface area contributed by atoms with Gasteiger partial charge in [0.05, 0.1) is 0 Å². The van der Waals surface area contributed by atoms with Crippen LogP contribution < -0.4 is 4.90 Å². The Balaban J connectivity index is 1.03. The quantitative estimate of drug-likeness (QED) is 0.170. The second kappa shape index (κ2) is 12.4. The topological polar surface area (TPSA) is 3.24 Å². The van der Waals surface area contributed by atoms with Crippen molar-refractivity contribution in [2.45, 2.75) is 38.5 Å². The second-order valence-electron chi connectivity index (χ2n) is 17.0. The molecule has 0 heterocycles. The van der Waals surface area contributed by atoms with Crippen molar-refractivity contribution in [2.75, 3.05) is 4.90 Å². The SMILES string of the molecule is CC1(C)c2cc(-c3ccccc3)ccc2-c2ccc(N(c3ccc4c(c3)C(C)(C)c3cc(-c5ccc6ccccc6c5)ccc3-4)c3ccc4ccccc4c3)cc21. The van der Waals surface area contributed by atoms with Crippen LogP contribution in [0.3, 0.4) is 0 Å². The van der Waals surface area contributed by atoms with E-state index in [0.29, 0.717) is 0 Å². The fourth-order valence-corrected chi connectivity index (χ4v) is 9.85. The molecule has 0 saturated carbocycles. The summed E-state index contributed by atoms with van der Waals surface area (Å²) in [5.74, 6) is 0. The maximum absolute atomic E-state index is 2.47. The molecule has 0 amide bonds. The van der Waals surface area contributed by atoms with Gasteiger partial charge in [0.25, 0.3) is 0 Å².